The summed E-state index contributed by atoms with van der Waals surface area (Å²) in [7, 11) is 0. The highest BCUT2D eigenvalue weighted by Crippen LogP contribution is 2.14. The molecule has 1 aliphatic rings. The van der Waals surface area contributed by atoms with Crippen molar-refractivity contribution in [3.63, 3.8) is 0 Å². The van der Waals surface area contributed by atoms with E-state index in [1.807, 2.05) is 24.3 Å². The number of hydrogen-bond acceptors (Lipinski definition) is 3. The molecule has 0 saturated carbocycles. The Hall–Kier alpha value is -1.19. The van der Waals surface area contributed by atoms with Crippen molar-refractivity contribution in [1.29, 1.82) is 0 Å². The fourth-order valence-electron chi connectivity index (χ4n) is 2.02. The maximum atomic E-state index is 12.0. The SMILES string of the molecule is CCc1ccc(C(=O)CCC2OCCCO2)cc1. The van der Waals surface area contributed by atoms with Crippen LogP contribution in [0.2, 0.25) is 0 Å². The van der Waals surface area contributed by atoms with Gasteiger partial charge in [-0.1, -0.05) is 31.2 Å². The molecule has 1 heterocycles. The van der Waals surface area contributed by atoms with Crippen molar-refractivity contribution >= 4 is 5.78 Å². The number of ether oxygens (including phenoxy) is 2. The number of benzene rings is 1. The van der Waals surface area contributed by atoms with Crippen LogP contribution in [0, 0.1) is 0 Å². The Morgan fingerprint density at radius 3 is 2.50 bits per heavy atom. The standard InChI is InChI=1S/C15H20O3/c1-2-12-4-6-13(7-5-12)14(16)8-9-15-17-10-3-11-18-15/h4-7,15H,2-3,8-11H2,1H3. The van der Waals surface area contributed by atoms with Gasteiger partial charge in [-0.05, 0) is 18.4 Å². The average molecular weight is 248 g/mol. The highest BCUT2D eigenvalue weighted by atomic mass is 16.7. The molecule has 1 saturated heterocycles. The first kappa shape index (κ1) is 13.2. The molecule has 2 rings (SSSR count). The van der Waals surface area contributed by atoms with Gasteiger partial charge in [0.2, 0.25) is 0 Å². The van der Waals surface area contributed by atoms with E-state index in [-0.39, 0.29) is 12.1 Å². The molecule has 0 aliphatic carbocycles. The Morgan fingerprint density at radius 1 is 1.22 bits per heavy atom. The second-order valence-corrected chi connectivity index (χ2v) is 4.54. The van der Waals surface area contributed by atoms with Gasteiger partial charge in [-0.15, -0.1) is 0 Å². The van der Waals surface area contributed by atoms with Crippen molar-refractivity contribution in [2.75, 3.05) is 13.2 Å². The predicted molar refractivity (Wildman–Crippen MR) is 69.7 cm³/mol. The van der Waals surface area contributed by atoms with Crippen LogP contribution in [0.25, 0.3) is 0 Å². The van der Waals surface area contributed by atoms with Gasteiger partial charge in [-0.25, -0.2) is 0 Å². The number of aryl methyl sites for hydroxylation is 1. The van der Waals surface area contributed by atoms with Gasteiger partial charge in [-0.2, -0.15) is 0 Å². The van der Waals surface area contributed by atoms with Crippen molar-refractivity contribution in [1.82, 2.24) is 0 Å². The molecule has 3 heteroatoms. The maximum absolute atomic E-state index is 12.0. The number of Topliss-reactive ketones (excluding diaryl/α,β-unsaturated/α-hetero) is 1. The molecule has 0 amide bonds. The van der Waals surface area contributed by atoms with E-state index in [0.29, 0.717) is 12.8 Å². The van der Waals surface area contributed by atoms with Crippen LogP contribution >= 0.6 is 0 Å². The lowest BCUT2D eigenvalue weighted by Crippen LogP contribution is -2.25. The summed E-state index contributed by atoms with van der Waals surface area (Å²) in [5.41, 5.74) is 2.04. The molecule has 0 radical (unpaired) electrons. The Morgan fingerprint density at radius 2 is 1.89 bits per heavy atom. The topological polar surface area (TPSA) is 35.5 Å². The summed E-state index contributed by atoms with van der Waals surface area (Å²) in [5.74, 6) is 0.162. The van der Waals surface area contributed by atoms with Crippen molar-refractivity contribution in [2.24, 2.45) is 0 Å². The summed E-state index contributed by atoms with van der Waals surface area (Å²) < 4.78 is 10.9. The lowest BCUT2D eigenvalue weighted by atomic mass is 10.0. The zero-order valence-corrected chi connectivity index (χ0v) is 10.9. The van der Waals surface area contributed by atoms with Crippen molar-refractivity contribution in [3.8, 4) is 0 Å². The summed E-state index contributed by atoms with van der Waals surface area (Å²) in [6.45, 7) is 3.59. The van der Waals surface area contributed by atoms with Gasteiger partial charge >= 0.3 is 0 Å². The van der Waals surface area contributed by atoms with E-state index < -0.39 is 0 Å². The number of hydrogen-bond donors (Lipinski definition) is 0. The van der Waals surface area contributed by atoms with Crippen LogP contribution in [0.15, 0.2) is 24.3 Å². The monoisotopic (exact) mass is 248 g/mol. The molecule has 0 unspecified atom stereocenters. The molecule has 0 spiro atoms. The molecule has 0 N–H and O–H groups in total. The van der Waals surface area contributed by atoms with Crippen molar-refractivity contribution in [2.45, 2.75) is 38.9 Å². The number of rotatable bonds is 5. The molecule has 1 aromatic carbocycles. The molecule has 0 bridgehead atoms. The molecular formula is C15H20O3. The number of carbonyl (C=O) groups excluding carboxylic acids is 1. The minimum Gasteiger partial charge on any atom is -0.353 e. The summed E-state index contributed by atoms with van der Waals surface area (Å²) in [6.07, 6.45) is 2.88. The van der Waals surface area contributed by atoms with Crippen molar-refractivity contribution < 1.29 is 14.3 Å². The van der Waals surface area contributed by atoms with Crippen LogP contribution in [-0.4, -0.2) is 25.3 Å². The van der Waals surface area contributed by atoms with Gasteiger partial charge in [0.05, 0.1) is 13.2 Å². The van der Waals surface area contributed by atoms with E-state index >= 15 is 0 Å². The lowest BCUT2D eigenvalue weighted by Gasteiger charge is -2.22. The van der Waals surface area contributed by atoms with Gasteiger partial charge in [0.15, 0.2) is 12.1 Å². The van der Waals surface area contributed by atoms with Gasteiger partial charge in [0.1, 0.15) is 0 Å². The molecular weight excluding hydrogens is 228 g/mol. The highest BCUT2D eigenvalue weighted by molar-refractivity contribution is 5.96. The second-order valence-electron chi connectivity index (χ2n) is 4.54. The van der Waals surface area contributed by atoms with Crippen LogP contribution in [0.3, 0.4) is 0 Å². The van der Waals surface area contributed by atoms with E-state index in [2.05, 4.69) is 6.92 Å². The number of carbonyl (C=O) groups is 1. The van der Waals surface area contributed by atoms with Gasteiger partial charge in [0, 0.05) is 18.4 Å². The minimum atomic E-state index is -0.197. The highest BCUT2D eigenvalue weighted by Gasteiger charge is 2.16. The lowest BCUT2D eigenvalue weighted by molar-refractivity contribution is -0.180. The van der Waals surface area contributed by atoms with Crippen LogP contribution in [-0.2, 0) is 15.9 Å². The number of ketones is 1. The maximum Gasteiger partial charge on any atom is 0.163 e. The zero-order valence-electron chi connectivity index (χ0n) is 10.9. The normalized spacial score (nSPS) is 16.7. The molecule has 1 aliphatic heterocycles. The smallest absolute Gasteiger partial charge is 0.163 e. The van der Waals surface area contributed by atoms with Crippen LogP contribution in [0.4, 0.5) is 0 Å². The first-order valence-electron chi connectivity index (χ1n) is 6.65. The summed E-state index contributed by atoms with van der Waals surface area (Å²) in [6, 6.07) is 7.84. The van der Waals surface area contributed by atoms with Gasteiger partial charge in [0.25, 0.3) is 0 Å². The molecule has 0 aromatic heterocycles. The Bertz CT molecular complexity index is 377. The third-order valence-electron chi connectivity index (χ3n) is 3.19. The fourth-order valence-corrected chi connectivity index (χ4v) is 2.02. The van der Waals surface area contributed by atoms with Crippen molar-refractivity contribution in [3.05, 3.63) is 35.4 Å². The van der Waals surface area contributed by atoms with Gasteiger partial charge in [-0.3, -0.25) is 4.79 Å². The summed E-state index contributed by atoms with van der Waals surface area (Å²) in [4.78, 5) is 12.0. The summed E-state index contributed by atoms with van der Waals surface area (Å²) in [5, 5.41) is 0. The fraction of sp³-hybridized carbons (Fsp3) is 0.533. The largest absolute Gasteiger partial charge is 0.353 e. The average Bonchev–Trinajstić information content (AvgIpc) is 2.46. The zero-order chi connectivity index (χ0) is 12.8. The molecule has 1 aromatic rings. The first-order valence-corrected chi connectivity index (χ1v) is 6.65. The Labute approximate surface area is 108 Å². The van der Waals surface area contributed by atoms with Crippen LogP contribution < -0.4 is 0 Å². The van der Waals surface area contributed by atoms with E-state index in [0.717, 1.165) is 31.6 Å². The van der Waals surface area contributed by atoms with Crippen LogP contribution in [0.5, 0.6) is 0 Å². The third-order valence-corrected chi connectivity index (χ3v) is 3.19. The quantitative estimate of drug-likeness (QED) is 0.751. The van der Waals surface area contributed by atoms with E-state index in [9.17, 15) is 4.79 Å². The predicted octanol–water partition coefficient (Wildman–Crippen LogP) is 2.97. The first-order chi connectivity index (χ1) is 8.79. The molecule has 1 fully saturated rings. The van der Waals surface area contributed by atoms with E-state index in [1.165, 1.54) is 5.56 Å². The van der Waals surface area contributed by atoms with Gasteiger partial charge < -0.3 is 9.47 Å². The molecule has 0 atom stereocenters. The van der Waals surface area contributed by atoms with Crippen LogP contribution in [0.1, 0.15) is 42.1 Å². The Balaban J connectivity index is 1.82. The van der Waals surface area contributed by atoms with E-state index in [4.69, 9.17) is 9.47 Å². The molecule has 98 valence electrons. The minimum absolute atomic E-state index is 0.162. The second kappa shape index (κ2) is 6.66. The molecule has 3 nitrogen and oxygen atoms in total. The Kier molecular flexibility index (Phi) is 4.90. The summed E-state index contributed by atoms with van der Waals surface area (Å²) >= 11 is 0. The van der Waals surface area contributed by atoms with E-state index in [1.54, 1.807) is 0 Å². The third kappa shape index (κ3) is 3.65. The molecule has 18 heavy (non-hydrogen) atoms.